The second-order valence-electron chi connectivity index (χ2n) is 6.31. The zero-order valence-electron chi connectivity index (χ0n) is 12.9. The first-order chi connectivity index (χ1) is 9.52. The Bertz CT molecular complexity index is 445. The molecule has 2 unspecified atom stereocenters. The van der Waals surface area contributed by atoms with Gasteiger partial charge < -0.3 is 10.6 Å². The van der Waals surface area contributed by atoms with Crippen molar-refractivity contribution in [3.8, 4) is 0 Å². The fraction of sp³-hybridized carbons (Fsp3) is 0.647. The van der Waals surface area contributed by atoms with Gasteiger partial charge in [0, 0.05) is 18.6 Å². The van der Waals surface area contributed by atoms with Crippen LogP contribution in [0.3, 0.4) is 0 Å². The van der Waals surface area contributed by atoms with Crippen LogP contribution in [0.15, 0.2) is 18.2 Å². The lowest BCUT2D eigenvalue weighted by Gasteiger charge is -2.30. The molecule has 112 valence electrons. The molecule has 1 aromatic rings. The molecule has 1 fully saturated rings. The molecule has 1 aromatic carbocycles. The molecule has 0 bridgehead atoms. The summed E-state index contributed by atoms with van der Waals surface area (Å²) in [4.78, 5) is 2.24. The van der Waals surface area contributed by atoms with Crippen LogP contribution in [-0.2, 0) is 6.42 Å². The SMILES string of the molecule is CCC(N)Cc1ccc(N2CCCC2C(C)C)c(F)c1. The van der Waals surface area contributed by atoms with E-state index < -0.39 is 0 Å². The van der Waals surface area contributed by atoms with Crippen LogP contribution in [0, 0.1) is 11.7 Å². The summed E-state index contributed by atoms with van der Waals surface area (Å²) in [6.07, 6.45) is 4.00. The van der Waals surface area contributed by atoms with Gasteiger partial charge in [-0.2, -0.15) is 0 Å². The van der Waals surface area contributed by atoms with E-state index in [1.807, 2.05) is 12.1 Å². The third-order valence-electron chi connectivity index (χ3n) is 4.41. The van der Waals surface area contributed by atoms with Crippen molar-refractivity contribution in [3.05, 3.63) is 29.6 Å². The maximum atomic E-state index is 14.4. The van der Waals surface area contributed by atoms with Gasteiger partial charge in [-0.15, -0.1) is 0 Å². The van der Waals surface area contributed by atoms with Gasteiger partial charge in [0.1, 0.15) is 5.82 Å². The van der Waals surface area contributed by atoms with Gasteiger partial charge in [0.05, 0.1) is 5.69 Å². The van der Waals surface area contributed by atoms with Crippen molar-refractivity contribution >= 4 is 5.69 Å². The Morgan fingerprint density at radius 1 is 1.40 bits per heavy atom. The third kappa shape index (κ3) is 3.32. The molecular formula is C17H27FN2. The van der Waals surface area contributed by atoms with Gasteiger partial charge in [0.25, 0.3) is 0 Å². The summed E-state index contributed by atoms with van der Waals surface area (Å²) in [5, 5.41) is 0. The summed E-state index contributed by atoms with van der Waals surface area (Å²) < 4.78 is 14.4. The van der Waals surface area contributed by atoms with Crippen LogP contribution in [-0.4, -0.2) is 18.6 Å². The summed E-state index contributed by atoms with van der Waals surface area (Å²) in [5.74, 6) is 0.462. The molecule has 20 heavy (non-hydrogen) atoms. The van der Waals surface area contributed by atoms with Crippen LogP contribution >= 0.6 is 0 Å². The highest BCUT2D eigenvalue weighted by molar-refractivity contribution is 5.51. The molecule has 0 saturated carbocycles. The largest absolute Gasteiger partial charge is 0.366 e. The first-order valence-corrected chi connectivity index (χ1v) is 7.83. The smallest absolute Gasteiger partial charge is 0.146 e. The van der Waals surface area contributed by atoms with Crippen molar-refractivity contribution in [3.63, 3.8) is 0 Å². The van der Waals surface area contributed by atoms with Crippen LogP contribution in [0.5, 0.6) is 0 Å². The summed E-state index contributed by atoms with van der Waals surface area (Å²) in [6, 6.07) is 6.22. The molecule has 1 heterocycles. The lowest BCUT2D eigenvalue weighted by atomic mass is 10.0. The monoisotopic (exact) mass is 278 g/mol. The van der Waals surface area contributed by atoms with Crippen LogP contribution in [0.2, 0.25) is 0 Å². The molecule has 3 heteroatoms. The maximum absolute atomic E-state index is 14.4. The van der Waals surface area contributed by atoms with E-state index in [9.17, 15) is 4.39 Å². The molecule has 0 radical (unpaired) electrons. The van der Waals surface area contributed by atoms with Gasteiger partial charge in [0.2, 0.25) is 0 Å². The van der Waals surface area contributed by atoms with Crippen molar-refractivity contribution in [2.24, 2.45) is 11.7 Å². The maximum Gasteiger partial charge on any atom is 0.146 e. The van der Waals surface area contributed by atoms with Gasteiger partial charge in [-0.3, -0.25) is 0 Å². The number of anilines is 1. The van der Waals surface area contributed by atoms with Crippen molar-refractivity contribution < 1.29 is 4.39 Å². The van der Waals surface area contributed by atoms with Gasteiger partial charge in [-0.05, 0) is 49.3 Å². The normalized spacial score (nSPS) is 20.7. The van der Waals surface area contributed by atoms with Crippen LogP contribution in [0.4, 0.5) is 10.1 Å². The van der Waals surface area contributed by atoms with E-state index in [1.54, 1.807) is 6.07 Å². The molecule has 2 rings (SSSR count). The van der Waals surface area contributed by atoms with Crippen molar-refractivity contribution in [1.29, 1.82) is 0 Å². The fourth-order valence-corrected chi connectivity index (χ4v) is 3.14. The molecule has 1 saturated heterocycles. The van der Waals surface area contributed by atoms with Gasteiger partial charge >= 0.3 is 0 Å². The van der Waals surface area contributed by atoms with E-state index in [4.69, 9.17) is 5.73 Å². The van der Waals surface area contributed by atoms with Crippen molar-refractivity contribution in [1.82, 2.24) is 0 Å². The first kappa shape index (κ1) is 15.3. The average molecular weight is 278 g/mol. The Labute approximate surface area is 122 Å². The molecule has 2 nitrogen and oxygen atoms in total. The second-order valence-corrected chi connectivity index (χ2v) is 6.31. The predicted molar refractivity (Wildman–Crippen MR) is 83.6 cm³/mol. The van der Waals surface area contributed by atoms with Crippen molar-refractivity contribution in [2.75, 3.05) is 11.4 Å². The van der Waals surface area contributed by atoms with Crippen molar-refractivity contribution in [2.45, 2.75) is 58.5 Å². The van der Waals surface area contributed by atoms with Crippen LogP contribution in [0.1, 0.15) is 45.6 Å². The third-order valence-corrected chi connectivity index (χ3v) is 4.41. The standard InChI is InChI=1S/C17H27FN2/c1-4-14(19)10-13-7-8-17(15(18)11-13)20-9-5-6-16(20)12(2)3/h7-8,11-12,14,16H,4-6,9-10,19H2,1-3H3. The highest BCUT2D eigenvalue weighted by atomic mass is 19.1. The van der Waals surface area contributed by atoms with Crippen LogP contribution < -0.4 is 10.6 Å². The Balaban J connectivity index is 2.17. The zero-order valence-corrected chi connectivity index (χ0v) is 12.9. The number of nitrogens with zero attached hydrogens (tertiary/aromatic N) is 1. The van der Waals surface area contributed by atoms with E-state index in [2.05, 4.69) is 25.7 Å². The lowest BCUT2D eigenvalue weighted by Crippen LogP contribution is -2.34. The summed E-state index contributed by atoms with van der Waals surface area (Å²) in [5.41, 5.74) is 7.70. The molecule has 1 aliphatic rings. The molecule has 0 aliphatic carbocycles. The van der Waals surface area contributed by atoms with E-state index in [0.29, 0.717) is 12.0 Å². The fourth-order valence-electron chi connectivity index (χ4n) is 3.14. The highest BCUT2D eigenvalue weighted by Gasteiger charge is 2.28. The molecule has 0 aromatic heterocycles. The number of halogens is 1. The molecule has 2 atom stereocenters. The number of benzene rings is 1. The number of nitrogens with two attached hydrogens (primary N) is 1. The van der Waals surface area contributed by atoms with E-state index in [1.165, 1.54) is 6.42 Å². The topological polar surface area (TPSA) is 29.3 Å². The summed E-state index contributed by atoms with van der Waals surface area (Å²) in [7, 11) is 0. The molecule has 0 amide bonds. The van der Waals surface area contributed by atoms with E-state index in [0.717, 1.165) is 37.1 Å². The minimum absolute atomic E-state index is 0.0987. The zero-order chi connectivity index (χ0) is 14.7. The average Bonchev–Trinajstić information content (AvgIpc) is 2.88. The molecular weight excluding hydrogens is 251 g/mol. The Morgan fingerprint density at radius 3 is 2.75 bits per heavy atom. The lowest BCUT2D eigenvalue weighted by molar-refractivity contribution is 0.485. The molecule has 1 aliphatic heterocycles. The van der Waals surface area contributed by atoms with E-state index >= 15 is 0 Å². The minimum Gasteiger partial charge on any atom is -0.366 e. The summed E-state index contributed by atoms with van der Waals surface area (Å²) in [6.45, 7) is 7.46. The predicted octanol–water partition coefficient (Wildman–Crippen LogP) is 3.73. The second kappa shape index (κ2) is 6.57. The minimum atomic E-state index is -0.0987. The molecule has 0 spiro atoms. The highest BCUT2D eigenvalue weighted by Crippen LogP contribution is 2.32. The van der Waals surface area contributed by atoms with Gasteiger partial charge in [-0.1, -0.05) is 26.8 Å². The number of hydrogen-bond donors (Lipinski definition) is 1. The van der Waals surface area contributed by atoms with E-state index in [-0.39, 0.29) is 11.9 Å². The first-order valence-electron chi connectivity index (χ1n) is 7.83. The summed E-state index contributed by atoms with van der Waals surface area (Å²) >= 11 is 0. The Kier molecular flexibility index (Phi) is 5.03. The van der Waals surface area contributed by atoms with Gasteiger partial charge in [0.15, 0.2) is 0 Å². The van der Waals surface area contributed by atoms with Crippen LogP contribution in [0.25, 0.3) is 0 Å². The quantitative estimate of drug-likeness (QED) is 0.889. The number of hydrogen-bond acceptors (Lipinski definition) is 2. The number of rotatable bonds is 5. The Morgan fingerprint density at radius 2 is 2.15 bits per heavy atom. The molecule has 2 N–H and O–H groups in total. The Hall–Kier alpha value is -1.09. The van der Waals surface area contributed by atoms with Gasteiger partial charge in [-0.25, -0.2) is 4.39 Å².